The zero-order chi connectivity index (χ0) is 14.9. The molecule has 0 amide bonds. The standard InChI is InChI=1S/C14H21FN2O2S/c1-10-6-7-12(9-13(10)15)20(18,19)17-8-4-3-5-14(17)11(2)16/h6-7,9,11,14H,3-5,8,16H2,1-2H3/t11-,14+/m1/s1. The summed E-state index contributed by atoms with van der Waals surface area (Å²) < 4.78 is 40.4. The van der Waals surface area contributed by atoms with E-state index in [1.807, 2.05) is 6.92 Å². The van der Waals surface area contributed by atoms with E-state index in [1.165, 1.54) is 16.4 Å². The number of nitrogens with zero attached hydrogens (tertiary/aromatic N) is 1. The maximum atomic E-state index is 13.6. The lowest BCUT2D eigenvalue weighted by Crippen LogP contribution is -2.51. The highest BCUT2D eigenvalue weighted by Gasteiger charge is 2.35. The smallest absolute Gasteiger partial charge is 0.243 e. The van der Waals surface area contributed by atoms with Gasteiger partial charge in [0.25, 0.3) is 0 Å². The molecule has 2 rings (SSSR count). The quantitative estimate of drug-likeness (QED) is 0.929. The van der Waals surface area contributed by atoms with Crippen molar-refractivity contribution in [3.63, 3.8) is 0 Å². The van der Waals surface area contributed by atoms with Gasteiger partial charge in [-0.2, -0.15) is 4.31 Å². The molecule has 0 saturated carbocycles. The van der Waals surface area contributed by atoms with E-state index in [0.29, 0.717) is 12.1 Å². The van der Waals surface area contributed by atoms with Crippen LogP contribution in [0.2, 0.25) is 0 Å². The molecule has 0 radical (unpaired) electrons. The van der Waals surface area contributed by atoms with Crippen LogP contribution >= 0.6 is 0 Å². The molecule has 0 aromatic heterocycles. The molecular weight excluding hydrogens is 279 g/mol. The highest BCUT2D eigenvalue weighted by molar-refractivity contribution is 7.89. The van der Waals surface area contributed by atoms with Crippen molar-refractivity contribution in [3.8, 4) is 0 Å². The van der Waals surface area contributed by atoms with E-state index >= 15 is 0 Å². The molecule has 1 aromatic carbocycles. The van der Waals surface area contributed by atoms with Gasteiger partial charge < -0.3 is 5.73 Å². The van der Waals surface area contributed by atoms with Crippen LogP contribution in [-0.4, -0.2) is 31.4 Å². The Morgan fingerprint density at radius 3 is 2.70 bits per heavy atom. The Morgan fingerprint density at radius 1 is 1.40 bits per heavy atom. The molecule has 1 fully saturated rings. The second kappa shape index (κ2) is 5.79. The van der Waals surface area contributed by atoms with Gasteiger partial charge in [0.05, 0.1) is 4.90 Å². The maximum absolute atomic E-state index is 13.6. The first-order valence-electron chi connectivity index (χ1n) is 6.87. The third-order valence-electron chi connectivity index (χ3n) is 3.86. The molecule has 0 aliphatic carbocycles. The molecule has 2 atom stereocenters. The van der Waals surface area contributed by atoms with Crippen molar-refractivity contribution >= 4 is 10.0 Å². The Balaban J connectivity index is 2.39. The predicted molar refractivity (Wildman–Crippen MR) is 76.3 cm³/mol. The van der Waals surface area contributed by atoms with Crippen LogP contribution in [0.3, 0.4) is 0 Å². The van der Waals surface area contributed by atoms with Crippen LogP contribution in [-0.2, 0) is 10.0 Å². The molecule has 1 aliphatic rings. The topological polar surface area (TPSA) is 63.4 Å². The molecule has 1 aromatic rings. The van der Waals surface area contributed by atoms with Gasteiger partial charge in [0.1, 0.15) is 5.82 Å². The zero-order valence-corrected chi connectivity index (χ0v) is 12.7. The van der Waals surface area contributed by atoms with Gasteiger partial charge in [-0.15, -0.1) is 0 Å². The summed E-state index contributed by atoms with van der Waals surface area (Å²) in [6.07, 6.45) is 2.54. The molecule has 0 bridgehead atoms. The summed E-state index contributed by atoms with van der Waals surface area (Å²) in [6.45, 7) is 3.87. The fraction of sp³-hybridized carbons (Fsp3) is 0.571. The third kappa shape index (κ3) is 2.87. The number of halogens is 1. The van der Waals surface area contributed by atoms with Gasteiger partial charge in [0.15, 0.2) is 0 Å². The van der Waals surface area contributed by atoms with Gasteiger partial charge in [0, 0.05) is 18.6 Å². The van der Waals surface area contributed by atoms with E-state index in [2.05, 4.69) is 0 Å². The summed E-state index contributed by atoms with van der Waals surface area (Å²) in [7, 11) is -3.68. The second-order valence-electron chi connectivity index (χ2n) is 5.45. The van der Waals surface area contributed by atoms with Crippen LogP contribution in [0.25, 0.3) is 0 Å². The van der Waals surface area contributed by atoms with Crippen molar-refractivity contribution in [1.29, 1.82) is 0 Å². The minimum absolute atomic E-state index is 0.00755. The van der Waals surface area contributed by atoms with E-state index in [4.69, 9.17) is 5.73 Å². The number of sulfonamides is 1. The number of hydrogen-bond acceptors (Lipinski definition) is 3. The number of piperidine rings is 1. The van der Waals surface area contributed by atoms with E-state index in [9.17, 15) is 12.8 Å². The van der Waals surface area contributed by atoms with Gasteiger partial charge in [0.2, 0.25) is 10.0 Å². The van der Waals surface area contributed by atoms with Crippen molar-refractivity contribution in [2.24, 2.45) is 5.73 Å². The molecule has 112 valence electrons. The van der Waals surface area contributed by atoms with Crippen LogP contribution in [0.5, 0.6) is 0 Å². The molecule has 0 spiro atoms. The lowest BCUT2D eigenvalue weighted by Gasteiger charge is -2.36. The van der Waals surface area contributed by atoms with E-state index in [1.54, 1.807) is 6.92 Å². The Hall–Kier alpha value is -0.980. The van der Waals surface area contributed by atoms with Crippen LogP contribution in [0.1, 0.15) is 31.7 Å². The Bertz CT molecular complexity index is 587. The number of benzene rings is 1. The van der Waals surface area contributed by atoms with Crippen molar-refractivity contribution in [2.45, 2.75) is 50.1 Å². The first-order chi connectivity index (χ1) is 9.34. The van der Waals surface area contributed by atoms with Crippen molar-refractivity contribution < 1.29 is 12.8 Å². The van der Waals surface area contributed by atoms with Crippen molar-refractivity contribution in [2.75, 3.05) is 6.54 Å². The Labute approximate surface area is 119 Å². The first-order valence-corrected chi connectivity index (χ1v) is 8.31. The van der Waals surface area contributed by atoms with Gasteiger partial charge in [-0.1, -0.05) is 12.5 Å². The molecule has 1 heterocycles. The second-order valence-corrected chi connectivity index (χ2v) is 7.34. The van der Waals surface area contributed by atoms with Gasteiger partial charge in [-0.05, 0) is 44.4 Å². The molecule has 20 heavy (non-hydrogen) atoms. The molecule has 2 N–H and O–H groups in total. The lowest BCUT2D eigenvalue weighted by molar-refractivity contribution is 0.227. The zero-order valence-electron chi connectivity index (χ0n) is 11.8. The average molecular weight is 300 g/mol. The normalized spacial score (nSPS) is 22.7. The monoisotopic (exact) mass is 300 g/mol. The van der Waals surface area contributed by atoms with Crippen LogP contribution in [0.4, 0.5) is 4.39 Å². The van der Waals surface area contributed by atoms with Gasteiger partial charge >= 0.3 is 0 Å². The molecule has 1 saturated heterocycles. The van der Waals surface area contributed by atoms with Crippen LogP contribution in [0, 0.1) is 12.7 Å². The lowest BCUT2D eigenvalue weighted by atomic mass is 10.00. The summed E-state index contributed by atoms with van der Waals surface area (Å²) in [5.74, 6) is -0.500. The highest BCUT2D eigenvalue weighted by Crippen LogP contribution is 2.27. The SMILES string of the molecule is Cc1ccc(S(=O)(=O)N2CCCC[C@H]2[C@@H](C)N)cc1F. The summed E-state index contributed by atoms with van der Waals surface area (Å²) in [5, 5.41) is 0. The van der Waals surface area contributed by atoms with Crippen molar-refractivity contribution in [1.82, 2.24) is 4.31 Å². The van der Waals surface area contributed by atoms with Crippen LogP contribution < -0.4 is 5.73 Å². The predicted octanol–water partition coefficient (Wildman–Crippen LogP) is 2.02. The number of nitrogens with two attached hydrogens (primary N) is 1. The maximum Gasteiger partial charge on any atom is 0.243 e. The molecule has 6 heteroatoms. The fourth-order valence-electron chi connectivity index (χ4n) is 2.62. The summed E-state index contributed by atoms with van der Waals surface area (Å²) in [5.41, 5.74) is 6.34. The number of rotatable bonds is 3. The van der Waals surface area contributed by atoms with E-state index < -0.39 is 15.8 Å². The molecule has 1 aliphatic heterocycles. The minimum atomic E-state index is -3.68. The third-order valence-corrected chi connectivity index (χ3v) is 5.78. The Kier molecular flexibility index (Phi) is 4.46. The summed E-state index contributed by atoms with van der Waals surface area (Å²) in [4.78, 5) is 0.00755. The van der Waals surface area contributed by atoms with Crippen LogP contribution in [0.15, 0.2) is 23.1 Å². The van der Waals surface area contributed by atoms with E-state index in [0.717, 1.165) is 25.3 Å². The number of aryl methyl sites for hydroxylation is 1. The van der Waals surface area contributed by atoms with Crippen molar-refractivity contribution in [3.05, 3.63) is 29.6 Å². The summed E-state index contributed by atoms with van der Waals surface area (Å²) >= 11 is 0. The Morgan fingerprint density at radius 2 is 2.10 bits per heavy atom. The van der Waals surface area contributed by atoms with Gasteiger partial charge in [-0.3, -0.25) is 0 Å². The first kappa shape index (κ1) is 15.4. The fourth-order valence-corrected chi connectivity index (χ4v) is 4.41. The largest absolute Gasteiger partial charge is 0.326 e. The molecule has 0 unspecified atom stereocenters. The molecular formula is C14H21FN2O2S. The molecule has 4 nitrogen and oxygen atoms in total. The average Bonchev–Trinajstić information content (AvgIpc) is 2.41. The minimum Gasteiger partial charge on any atom is -0.326 e. The van der Waals surface area contributed by atoms with Gasteiger partial charge in [-0.25, -0.2) is 12.8 Å². The number of hydrogen-bond donors (Lipinski definition) is 1. The summed E-state index contributed by atoms with van der Waals surface area (Å²) in [6, 6.07) is 3.60. The van der Waals surface area contributed by atoms with E-state index in [-0.39, 0.29) is 17.0 Å². The highest BCUT2D eigenvalue weighted by atomic mass is 32.2.